The molecule has 29 heavy (non-hydrogen) atoms. The van der Waals surface area contributed by atoms with Crippen molar-refractivity contribution in [3.63, 3.8) is 0 Å². The van der Waals surface area contributed by atoms with Crippen molar-refractivity contribution in [1.82, 2.24) is 10.6 Å². The van der Waals surface area contributed by atoms with Gasteiger partial charge in [0.25, 0.3) is 0 Å². The van der Waals surface area contributed by atoms with Crippen molar-refractivity contribution in [3.8, 4) is 0 Å². The van der Waals surface area contributed by atoms with Gasteiger partial charge in [-0.3, -0.25) is 4.79 Å². The van der Waals surface area contributed by atoms with E-state index in [4.69, 9.17) is 0 Å². The maximum absolute atomic E-state index is 13.9. The lowest BCUT2D eigenvalue weighted by atomic mass is 9.64. The highest BCUT2D eigenvalue weighted by atomic mass is 79.9. The molecular formula is C23H27Br2FN2O. The van der Waals surface area contributed by atoms with Gasteiger partial charge < -0.3 is 10.6 Å². The summed E-state index contributed by atoms with van der Waals surface area (Å²) in [4.78, 5) is 13.3. The molecule has 1 saturated heterocycles. The molecule has 2 aromatic carbocycles. The fourth-order valence-corrected chi connectivity index (χ4v) is 5.63. The Morgan fingerprint density at radius 3 is 2.31 bits per heavy atom. The summed E-state index contributed by atoms with van der Waals surface area (Å²) >= 11 is 7.02. The summed E-state index contributed by atoms with van der Waals surface area (Å²) in [6.45, 7) is 7.48. The van der Waals surface area contributed by atoms with Crippen LogP contribution in [0.5, 0.6) is 0 Å². The molecule has 1 aliphatic heterocycles. The Morgan fingerprint density at radius 1 is 1.10 bits per heavy atom. The molecular weight excluding hydrogens is 499 g/mol. The average molecular weight is 526 g/mol. The molecule has 2 atom stereocenters. The number of piperidine rings is 1. The van der Waals surface area contributed by atoms with Gasteiger partial charge in [0, 0.05) is 20.3 Å². The van der Waals surface area contributed by atoms with Crippen LogP contribution in [0.1, 0.15) is 49.4 Å². The zero-order valence-electron chi connectivity index (χ0n) is 17.0. The van der Waals surface area contributed by atoms with Crippen LogP contribution in [0.2, 0.25) is 0 Å². The molecule has 6 heteroatoms. The van der Waals surface area contributed by atoms with Crippen molar-refractivity contribution in [1.29, 1.82) is 0 Å². The first-order valence-corrected chi connectivity index (χ1v) is 11.6. The Balaban J connectivity index is 1.86. The number of carbonyl (C=O) groups is 1. The van der Waals surface area contributed by atoms with Crippen LogP contribution in [0, 0.1) is 18.7 Å². The minimum absolute atomic E-state index is 0.0254. The topological polar surface area (TPSA) is 41.1 Å². The van der Waals surface area contributed by atoms with Crippen LogP contribution in [-0.2, 0) is 10.2 Å². The van der Waals surface area contributed by atoms with E-state index in [9.17, 15) is 9.18 Å². The van der Waals surface area contributed by atoms with Gasteiger partial charge in [-0.1, -0.05) is 50.9 Å². The van der Waals surface area contributed by atoms with E-state index in [1.165, 1.54) is 6.07 Å². The van der Waals surface area contributed by atoms with E-state index in [1.54, 1.807) is 6.92 Å². The lowest BCUT2D eigenvalue weighted by Gasteiger charge is -2.43. The number of aryl methyl sites for hydroxylation is 1. The second kappa shape index (κ2) is 9.27. The Hall–Kier alpha value is -1.24. The second-order valence-electron chi connectivity index (χ2n) is 8.02. The number of carbonyl (C=O) groups excluding carboxylic acids is 1. The summed E-state index contributed by atoms with van der Waals surface area (Å²) in [6, 6.07) is 11.2. The van der Waals surface area contributed by atoms with Crippen molar-refractivity contribution >= 4 is 37.8 Å². The lowest BCUT2D eigenvalue weighted by Crippen LogP contribution is -2.49. The van der Waals surface area contributed by atoms with Crippen molar-refractivity contribution in [2.24, 2.45) is 5.92 Å². The number of halogens is 3. The lowest BCUT2D eigenvalue weighted by molar-refractivity contribution is -0.127. The first-order valence-electron chi connectivity index (χ1n) is 9.96. The molecule has 0 spiro atoms. The van der Waals surface area contributed by atoms with Gasteiger partial charge in [-0.2, -0.15) is 0 Å². The zero-order chi connectivity index (χ0) is 21.2. The molecule has 1 aliphatic rings. The van der Waals surface area contributed by atoms with Gasteiger partial charge in [-0.15, -0.1) is 0 Å². The van der Waals surface area contributed by atoms with E-state index >= 15 is 0 Å². The number of hydrogen-bond acceptors (Lipinski definition) is 2. The van der Waals surface area contributed by atoms with E-state index in [0.29, 0.717) is 5.56 Å². The van der Waals surface area contributed by atoms with Gasteiger partial charge >= 0.3 is 0 Å². The molecule has 0 bridgehead atoms. The second-order valence-corrected chi connectivity index (χ2v) is 9.86. The highest BCUT2D eigenvalue weighted by Crippen LogP contribution is 2.41. The summed E-state index contributed by atoms with van der Waals surface area (Å²) in [5.41, 5.74) is 2.41. The van der Waals surface area contributed by atoms with Crippen molar-refractivity contribution < 1.29 is 9.18 Å². The summed E-state index contributed by atoms with van der Waals surface area (Å²) < 4.78 is 15.8. The number of benzene rings is 2. The first kappa shape index (κ1) is 22.4. The minimum atomic E-state index is -0.300. The third-order valence-corrected chi connectivity index (χ3v) is 7.11. The van der Waals surface area contributed by atoms with Crippen molar-refractivity contribution in [2.75, 3.05) is 13.1 Å². The number of nitrogens with one attached hydrogen (secondary N) is 2. The smallest absolute Gasteiger partial charge is 0.224 e. The zero-order valence-corrected chi connectivity index (χ0v) is 20.2. The van der Waals surface area contributed by atoms with Crippen molar-refractivity contribution in [3.05, 3.63) is 67.9 Å². The monoisotopic (exact) mass is 524 g/mol. The fourth-order valence-electron chi connectivity index (χ4n) is 4.30. The summed E-state index contributed by atoms with van der Waals surface area (Å²) in [6.07, 6.45) is 1.70. The fraction of sp³-hybridized carbons (Fsp3) is 0.435. The van der Waals surface area contributed by atoms with Gasteiger partial charge in [0.2, 0.25) is 5.91 Å². The molecule has 1 heterocycles. The van der Waals surface area contributed by atoms with E-state index in [-0.39, 0.29) is 29.1 Å². The number of rotatable bonds is 5. The van der Waals surface area contributed by atoms with Gasteiger partial charge in [0.15, 0.2) is 0 Å². The minimum Gasteiger partial charge on any atom is -0.349 e. The van der Waals surface area contributed by atoms with Crippen LogP contribution >= 0.6 is 31.9 Å². The predicted molar refractivity (Wildman–Crippen MR) is 122 cm³/mol. The molecule has 156 valence electrons. The molecule has 2 aromatic rings. The van der Waals surface area contributed by atoms with Gasteiger partial charge in [-0.25, -0.2) is 4.39 Å². The van der Waals surface area contributed by atoms with E-state index in [2.05, 4.69) is 42.5 Å². The Kier molecular flexibility index (Phi) is 7.18. The standard InChI is InChI=1S/C23H27Br2FN2O/c1-14-10-18(4-5-21(14)26)23(6-8-27-9-7-23)15(2)22(29)28-16(3)17-11-19(24)13-20(25)12-17/h4-5,10-13,15-16,27H,6-9H2,1-3H3,(H,28,29). The van der Waals surface area contributed by atoms with E-state index < -0.39 is 0 Å². The predicted octanol–water partition coefficient (Wildman–Crippen LogP) is 5.79. The van der Waals surface area contributed by atoms with E-state index in [1.807, 2.05) is 44.2 Å². The molecule has 2 N–H and O–H groups in total. The molecule has 3 rings (SSSR count). The van der Waals surface area contributed by atoms with Crippen LogP contribution in [0.3, 0.4) is 0 Å². The largest absolute Gasteiger partial charge is 0.349 e. The molecule has 1 fully saturated rings. The van der Waals surface area contributed by atoms with Crippen LogP contribution in [0.15, 0.2) is 45.3 Å². The molecule has 1 amide bonds. The molecule has 0 saturated carbocycles. The van der Waals surface area contributed by atoms with Gasteiger partial charge in [-0.05, 0) is 80.7 Å². The van der Waals surface area contributed by atoms with Gasteiger partial charge in [0.05, 0.1) is 6.04 Å². The molecule has 3 nitrogen and oxygen atoms in total. The molecule has 0 aromatic heterocycles. The van der Waals surface area contributed by atoms with Crippen LogP contribution in [0.25, 0.3) is 0 Å². The SMILES string of the molecule is Cc1cc(C2(C(C)C(=O)NC(C)c3cc(Br)cc(Br)c3)CCNCC2)ccc1F. The summed E-state index contributed by atoms with van der Waals surface area (Å²) in [5, 5.41) is 6.59. The molecule has 2 unspecified atom stereocenters. The average Bonchev–Trinajstić information content (AvgIpc) is 2.69. The third kappa shape index (κ3) is 4.92. The van der Waals surface area contributed by atoms with Crippen LogP contribution < -0.4 is 10.6 Å². The van der Waals surface area contributed by atoms with E-state index in [0.717, 1.165) is 46.0 Å². The maximum Gasteiger partial charge on any atom is 0.224 e. The molecule has 0 radical (unpaired) electrons. The maximum atomic E-state index is 13.9. The van der Waals surface area contributed by atoms with Crippen molar-refractivity contribution in [2.45, 2.75) is 45.1 Å². The Bertz CT molecular complexity index is 876. The summed E-state index contributed by atoms with van der Waals surface area (Å²) in [5.74, 6) is -0.409. The first-order chi connectivity index (χ1) is 13.7. The normalized spacial score (nSPS) is 18.1. The highest BCUT2D eigenvalue weighted by Gasteiger charge is 2.42. The third-order valence-electron chi connectivity index (χ3n) is 6.19. The Labute approximate surface area is 189 Å². The van der Waals surface area contributed by atoms with Gasteiger partial charge in [0.1, 0.15) is 5.82 Å². The highest BCUT2D eigenvalue weighted by molar-refractivity contribution is 9.11. The van der Waals surface area contributed by atoms with Crippen LogP contribution in [0.4, 0.5) is 4.39 Å². The number of hydrogen-bond donors (Lipinski definition) is 2. The summed E-state index contributed by atoms with van der Waals surface area (Å²) in [7, 11) is 0. The Morgan fingerprint density at radius 2 is 1.72 bits per heavy atom. The quantitative estimate of drug-likeness (QED) is 0.518. The molecule has 0 aliphatic carbocycles. The number of amides is 1. The van der Waals surface area contributed by atoms with Crippen LogP contribution in [-0.4, -0.2) is 19.0 Å².